The smallest absolute Gasteiger partial charge is 0.253 e. The minimum atomic E-state index is -0.442. The SMILES string of the molecule is C[C@H](NC(=O)c1cc(F)ccc1N)C1CCCC1. The molecule has 1 amide bonds. The van der Waals surface area contributed by atoms with Crippen LogP contribution in [0.15, 0.2) is 18.2 Å². The molecule has 1 atom stereocenters. The topological polar surface area (TPSA) is 55.1 Å². The van der Waals surface area contributed by atoms with Crippen molar-refractivity contribution in [3.05, 3.63) is 29.6 Å². The lowest BCUT2D eigenvalue weighted by molar-refractivity contribution is 0.0927. The van der Waals surface area contributed by atoms with Crippen LogP contribution in [-0.2, 0) is 0 Å². The van der Waals surface area contributed by atoms with Gasteiger partial charge in [-0.05, 0) is 43.9 Å². The number of carbonyl (C=O) groups is 1. The van der Waals surface area contributed by atoms with Gasteiger partial charge in [-0.25, -0.2) is 4.39 Å². The van der Waals surface area contributed by atoms with Crippen LogP contribution >= 0.6 is 0 Å². The Hall–Kier alpha value is -1.58. The Morgan fingerprint density at radius 2 is 2.11 bits per heavy atom. The Labute approximate surface area is 107 Å². The zero-order valence-electron chi connectivity index (χ0n) is 10.6. The van der Waals surface area contributed by atoms with Gasteiger partial charge in [0.25, 0.3) is 5.91 Å². The highest BCUT2D eigenvalue weighted by Crippen LogP contribution is 2.27. The largest absolute Gasteiger partial charge is 0.398 e. The molecule has 0 aromatic heterocycles. The molecule has 1 aromatic carbocycles. The molecular formula is C14H19FN2O. The molecule has 0 bridgehead atoms. The van der Waals surface area contributed by atoms with Crippen molar-refractivity contribution in [1.82, 2.24) is 5.32 Å². The van der Waals surface area contributed by atoms with Gasteiger partial charge in [-0.15, -0.1) is 0 Å². The van der Waals surface area contributed by atoms with Gasteiger partial charge in [0.2, 0.25) is 0 Å². The standard InChI is InChI=1S/C14H19FN2O/c1-9(10-4-2-3-5-10)17-14(18)12-8-11(15)6-7-13(12)16/h6-10H,2-5,16H2,1H3,(H,17,18)/t9-/m0/s1. The van der Waals surface area contributed by atoms with Gasteiger partial charge < -0.3 is 11.1 Å². The quantitative estimate of drug-likeness (QED) is 0.810. The van der Waals surface area contributed by atoms with E-state index in [9.17, 15) is 9.18 Å². The molecule has 4 heteroatoms. The Bertz CT molecular complexity index is 441. The maximum absolute atomic E-state index is 13.1. The average molecular weight is 250 g/mol. The van der Waals surface area contributed by atoms with Crippen molar-refractivity contribution < 1.29 is 9.18 Å². The van der Waals surface area contributed by atoms with E-state index in [-0.39, 0.29) is 17.5 Å². The van der Waals surface area contributed by atoms with Gasteiger partial charge in [0.05, 0.1) is 5.56 Å². The molecule has 0 heterocycles. The van der Waals surface area contributed by atoms with Crippen molar-refractivity contribution in [2.45, 2.75) is 38.6 Å². The zero-order chi connectivity index (χ0) is 13.1. The summed E-state index contributed by atoms with van der Waals surface area (Å²) in [7, 11) is 0. The number of carbonyl (C=O) groups excluding carboxylic acids is 1. The van der Waals surface area contributed by atoms with Crippen molar-refractivity contribution in [3.63, 3.8) is 0 Å². The van der Waals surface area contributed by atoms with Crippen LogP contribution < -0.4 is 11.1 Å². The lowest BCUT2D eigenvalue weighted by atomic mass is 9.99. The molecule has 3 nitrogen and oxygen atoms in total. The Morgan fingerprint density at radius 3 is 2.78 bits per heavy atom. The van der Waals surface area contributed by atoms with Gasteiger partial charge in [0.15, 0.2) is 0 Å². The molecule has 3 N–H and O–H groups in total. The van der Waals surface area contributed by atoms with Crippen LogP contribution in [0.25, 0.3) is 0 Å². The average Bonchev–Trinajstić information content (AvgIpc) is 2.85. The number of rotatable bonds is 3. The highest BCUT2D eigenvalue weighted by atomic mass is 19.1. The first kappa shape index (κ1) is 12.9. The van der Waals surface area contributed by atoms with Gasteiger partial charge >= 0.3 is 0 Å². The first-order valence-electron chi connectivity index (χ1n) is 6.44. The summed E-state index contributed by atoms with van der Waals surface area (Å²) >= 11 is 0. The van der Waals surface area contributed by atoms with Crippen molar-refractivity contribution in [1.29, 1.82) is 0 Å². The number of amides is 1. The predicted octanol–water partition coefficient (Wildman–Crippen LogP) is 2.72. The lowest BCUT2D eigenvalue weighted by Gasteiger charge is -2.20. The van der Waals surface area contributed by atoms with Gasteiger partial charge in [0, 0.05) is 11.7 Å². The van der Waals surface area contributed by atoms with Gasteiger partial charge in [-0.3, -0.25) is 4.79 Å². The lowest BCUT2D eigenvalue weighted by Crippen LogP contribution is -2.37. The summed E-state index contributed by atoms with van der Waals surface area (Å²) in [5.41, 5.74) is 6.23. The number of anilines is 1. The van der Waals surface area contributed by atoms with E-state index >= 15 is 0 Å². The van der Waals surface area contributed by atoms with Gasteiger partial charge in [0.1, 0.15) is 5.82 Å². The van der Waals surface area contributed by atoms with E-state index in [2.05, 4.69) is 5.32 Å². The van der Waals surface area contributed by atoms with Crippen molar-refractivity contribution >= 4 is 11.6 Å². The van der Waals surface area contributed by atoms with Crippen LogP contribution in [0.4, 0.5) is 10.1 Å². The summed E-state index contributed by atoms with van der Waals surface area (Å²) in [4.78, 5) is 12.0. The molecular weight excluding hydrogens is 231 g/mol. The van der Waals surface area contributed by atoms with Crippen LogP contribution in [0.3, 0.4) is 0 Å². The second-order valence-corrected chi connectivity index (χ2v) is 5.04. The van der Waals surface area contributed by atoms with Crippen molar-refractivity contribution in [2.24, 2.45) is 5.92 Å². The third-order valence-corrected chi connectivity index (χ3v) is 3.73. The number of nitrogen functional groups attached to an aromatic ring is 1. The van der Waals surface area contributed by atoms with Crippen LogP contribution in [0.1, 0.15) is 43.0 Å². The molecule has 98 valence electrons. The number of benzene rings is 1. The molecule has 2 rings (SSSR count). The number of nitrogens with two attached hydrogens (primary N) is 1. The maximum Gasteiger partial charge on any atom is 0.253 e. The maximum atomic E-state index is 13.1. The molecule has 1 aromatic rings. The summed E-state index contributed by atoms with van der Waals surface area (Å²) in [6.07, 6.45) is 4.76. The van der Waals surface area contributed by atoms with Crippen molar-refractivity contribution in [2.75, 3.05) is 5.73 Å². The van der Waals surface area contributed by atoms with Crippen LogP contribution in [0.5, 0.6) is 0 Å². The molecule has 1 aliphatic rings. The molecule has 1 saturated carbocycles. The Balaban J connectivity index is 2.04. The highest BCUT2D eigenvalue weighted by molar-refractivity contribution is 5.99. The minimum Gasteiger partial charge on any atom is -0.398 e. The number of nitrogens with one attached hydrogen (secondary N) is 1. The molecule has 0 saturated heterocycles. The van der Waals surface area contributed by atoms with Crippen LogP contribution in [-0.4, -0.2) is 11.9 Å². The third-order valence-electron chi connectivity index (χ3n) is 3.73. The summed E-state index contributed by atoms with van der Waals surface area (Å²) in [6, 6.07) is 3.98. The fourth-order valence-corrected chi connectivity index (χ4v) is 2.58. The molecule has 0 unspecified atom stereocenters. The summed E-state index contributed by atoms with van der Waals surface area (Å²) in [5.74, 6) is -0.196. The summed E-state index contributed by atoms with van der Waals surface area (Å²) in [5, 5.41) is 2.92. The fourth-order valence-electron chi connectivity index (χ4n) is 2.58. The van der Waals surface area contributed by atoms with E-state index in [0.29, 0.717) is 11.6 Å². The molecule has 1 aliphatic carbocycles. The van der Waals surface area contributed by atoms with Crippen LogP contribution in [0.2, 0.25) is 0 Å². The minimum absolute atomic E-state index is 0.114. The highest BCUT2D eigenvalue weighted by Gasteiger charge is 2.23. The molecule has 0 spiro atoms. The zero-order valence-corrected chi connectivity index (χ0v) is 10.6. The number of halogens is 1. The summed E-state index contributed by atoms with van der Waals surface area (Å²) in [6.45, 7) is 2.00. The Kier molecular flexibility index (Phi) is 3.84. The van der Waals surface area contributed by atoms with E-state index in [4.69, 9.17) is 5.73 Å². The number of hydrogen-bond acceptors (Lipinski definition) is 2. The van der Waals surface area contributed by atoms with E-state index in [1.165, 1.54) is 31.0 Å². The Morgan fingerprint density at radius 1 is 1.44 bits per heavy atom. The van der Waals surface area contributed by atoms with E-state index in [0.717, 1.165) is 12.8 Å². The second kappa shape index (κ2) is 5.38. The van der Waals surface area contributed by atoms with E-state index in [1.807, 2.05) is 6.92 Å². The first-order valence-corrected chi connectivity index (χ1v) is 6.44. The second-order valence-electron chi connectivity index (χ2n) is 5.04. The fraction of sp³-hybridized carbons (Fsp3) is 0.500. The molecule has 0 radical (unpaired) electrons. The first-order chi connectivity index (χ1) is 8.58. The monoisotopic (exact) mass is 250 g/mol. The predicted molar refractivity (Wildman–Crippen MR) is 69.7 cm³/mol. The van der Waals surface area contributed by atoms with Crippen molar-refractivity contribution in [3.8, 4) is 0 Å². The van der Waals surface area contributed by atoms with Crippen LogP contribution in [0, 0.1) is 11.7 Å². The van der Waals surface area contributed by atoms with Gasteiger partial charge in [-0.1, -0.05) is 12.8 Å². The number of hydrogen-bond donors (Lipinski definition) is 2. The molecule has 18 heavy (non-hydrogen) atoms. The molecule has 1 fully saturated rings. The van der Waals surface area contributed by atoms with E-state index in [1.54, 1.807) is 0 Å². The van der Waals surface area contributed by atoms with Gasteiger partial charge in [-0.2, -0.15) is 0 Å². The molecule has 0 aliphatic heterocycles. The van der Waals surface area contributed by atoms with E-state index < -0.39 is 5.82 Å². The normalized spacial score (nSPS) is 17.7. The third kappa shape index (κ3) is 2.81. The summed E-state index contributed by atoms with van der Waals surface area (Å²) < 4.78 is 13.1.